The fourth-order valence-corrected chi connectivity index (χ4v) is 2.08. The first-order chi connectivity index (χ1) is 6.58. The molecule has 0 aromatic rings. The molecule has 0 amide bonds. The second-order valence-electron chi connectivity index (χ2n) is 5.09. The summed E-state index contributed by atoms with van der Waals surface area (Å²) in [6, 6.07) is 0. The van der Waals surface area contributed by atoms with Crippen LogP contribution in [-0.2, 0) is 4.74 Å². The van der Waals surface area contributed by atoms with Crippen molar-refractivity contribution in [3.8, 4) is 0 Å². The molecule has 84 valence electrons. The molecule has 0 aromatic carbocycles. The van der Waals surface area contributed by atoms with Gasteiger partial charge < -0.3 is 9.84 Å². The molecule has 0 spiro atoms. The van der Waals surface area contributed by atoms with Crippen molar-refractivity contribution < 1.29 is 9.84 Å². The summed E-state index contributed by atoms with van der Waals surface area (Å²) < 4.78 is 5.70. The third-order valence-corrected chi connectivity index (χ3v) is 3.31. The van der Waals surface area contributed by atoms with Crippen LogP contribution in [0.2, 0.25) is 0 Å². The third kappa shape index (κ3) is 2.96. The van der Waals surface area contributed by atoms with Gasteiger partial charge in [-0.1, -0.05) is 33.6 Å². The van der Waals surface area contributed by atoms with Crippen molar-refractivity contribution in [2.24, 2.45) is 5.41 Å². The Morgan fingerprint density at radius 2 is 2.07 bits per heavy atom. The normalized spacial score (nSPS) is 30.9. The molecule has 0 radical (unpaired) electrons. The summed E-state index contributed by atoms with van der Waals surface area (Å²) in [5, 5.41) is 9.95. The maximum absolute atomic E-state index is 9.95. The van der Waals surface area contributed by atoms with E-state index in [1.165, 1.54) is 12.8 Å². The van der Waals surface area contributed by atoms with Crippen molar-refractivity contribution >= 4 is 0 Å². The number of hydrogen-bond donors (Lipinski definition) is 1. The molecule has 1 aliphatic carbocycles. The fourth-order valence-electron chi connectivity index (χ4n) is 2.08. The Balaban J connectivity index is 2.20. The number of hydrogen-bond acceptors (Lipinski definition) is 2. The van der Waals surface area contributed by atoms with Gasteiger partial charge in [-0.25, -0.2) is 0 Å². The number of ether oxygens (including phenoxy) is 1. The molecule has 0 aliphatic heterocycles. The van der Waals surface area contributed by atoms with E-state index in [1.54, 1.807) is 0 Å². The first-order valence-electron chi connectivity index (χ1n) is 5.87. The summed E-state index contributed by atoms with van der Waals surface area (Å²) in [6.07, 6.45) is 5.48. The lowest BCUT2D eigenvalue weighted by molar-refractivity contribution is -0.0503. The first-order valence-corrected chi connectivity index (χ1v) is 5.87. The second kappa shape index (κ2) is 5.13. The Hall–Kier alpha value is -0.0800. The molecular formula is C12H24O2. The molecule has 1 N–H and O–H groups in total. The molecule has 1 fully saturated rings. The highest BCUT2D eigenvalue weighted by atomic mass is 16.5. The number of aliphatic hydroxyl groups is 1. The van der Waals surface area contributed by atoms with Crippen LogP contribution >= 0.6 is 0 Å². The van der Waals surface area contributed by atoms with Gasteiger partial charge >= 0.3 is 0 Å². The fraction of sp³-hybridized carbons (Fsp3) is 1.00. The summed E-state index contributed by atoms with van der Waals surface area (Å²) in [5.41, 5.74) is 0.0510. The average Bonchev–Trinajstić information content (AvgIpc) is 2.39. The molecule has 0 aromatic heterocycles. The van der Waals surface area contributed by atoms with E-state index >= 15 is 0 Å². The molecule has 1 aliphatic rings. The van der Waals surface area contributed by atoms with Crippen molar-refractivity contribution in [2.45, 2.75) is 65.1 Å². The van der Waals surface area contributed by atoms with Gasteiger partial charge in [-0.15, -0.1) is 0 Å². The minimum absolute atomic E-state index is 0.0510. The molecule has 2 unspecified atom stereocenters. The maximum Gasteiger partial charge on any atom is 0.0852 e. The zero-order chi connectivity index (χ0) is 10.6. The monoisotopic (exact) mass is 200 g/mol. The lowest BCUT2D eigenvalue weighted by Gasteiger charge is -2.25. The van der Waals surface area contributed by atoms with Crippen molar-refractivity contribution in [1.82, 2.24) is 0 Å². The highest BCUT2D eigenvalue weighted by Gasteiger charge is 2.41. The summed E-state index contributed by atoms with van der Waals surface area (Å²) in [7, 11) is 0. The Labute approximate surface area is 87.7 Å². The summed E-state index contributed by atoms with van der Waals surface area (Å²) in [4.78, 5) is 0. The van der Waals surface area contributed by atoms with Gasteiger partial charge in [0.2, 0.25) is 0 Å². The lowest BCUT2D eigenvalue weighted by atomic mass is 9.89. The molecule has 1 saturated carbocycles. The quantitative estimate of drug-likeness (QED) is 0.691. The summed E-state index contributed by atoms with van der Waals surface area (Å²) in [6.45, 7) is 7.24. The van der Waals surface area contributed by atoms with E-state index in [9.17, 15) is 5.11 Å². The van der Waals surface area contributed by atoms with Crippen LogP contribution in [0.25, 0.3) is 0 Å². The topological polar surface area (TPSA) is 29.5 Å². The SMILES string of the molecule is CCCCCOC1CCC(C)(C)C1O. The van der Waals surface area contributed by atoms with Crippen LogP contribution in [0.3, 0.4) is 0 Å². The van der Waals surface area contributed by atoms with Crippen LogP contribution in [0.5, 0.6) is 0 Å². The number of unbranched alkanes of at least 4 members (excludes halogenated alkanes) is 2. The van der Waals surface area contributed by atoms with E-state index in [2.05, 4.69) is 20.8 Å². The molecule has 2 heteroatoms. The van der Waals surface area contributed by atoms with Gasteiger partial charge in [0, 0.05) is 6.61 Å². The zero-order valence-electron chi connectivity index (χ0n) is 9.75. The van der Waals surface area contributed by atoms with Gasteiger partial charge in [-0.3, -0.25) is 0 Å². The molecule has 2 nitrogen and oxygen atoms in total. The molecular weight excluding hydrogens is 176 g/mol. The third-order valence-electron chi connectivity index (χ3n) is 3.31. The van der Waals surface area contributed by atoms with Gasteiger partial charge in [0.15, 0.2) is 0 Å². The predicted molar refractivity (Wildman–Crippen MR) is 58.3 cm³/mol. The minimum atomic E-state index is -0.274. The van der Waals surface area contributed by atoms with Crippen molar-refractivity contribution in [3.63, 3.8) is 0 Å². The molecule has 0 heterocycles. The minimum Gasteiger partial charge on any atom is -0.390 e. The second-order valence-corrected chi connectivity index (χ2v) is 5.09. The standard InChI is InChI=1S/C12H24O2/c1-4-5-6-9-14-10-7-8-12(2,3)11(10)13/h10-11,13H,4-9H2,1-3H3. The zero-order valence-corrected chi connectivity index (χ0v) is 9.75. The largest absolute Gasteiger partial charge is 0.390 e. The van der Waals surface area contributed by atoms with Crippen LogP contribution in [0.4, 0.5) is 0 Å². The molecule has 0 bridgehead atoms. The van der Waals surface area contributed by atoms with Crippen LogP contribution < -0.4 is 0 Å². The molecule has 14 heavy (non-hydrogen) atoms. The number of aliphatic hydroxyl groups excluding tert-OH is 1. The highest BCUT2D eigenvalue weighted by Crippen LogP contribution is 2.38. The highest BCUT2D eigenvalue weighted by molar-refractivity contribution is 4.91. The van der Waals surface area contributed by atoms with Crippen molar-refractivity contribution in [1.29, 1.82) is 0 Å². The Bertz CT molecular complexity index is 166. The van der Waals surface area contributed by atoms with Gasteiger partial charge in [-0.2, -0.15) is 0 Å². The van der Waals surface area contributed by atoms with E-state index in [-0.39, 0.29) is 17.6 Å². The van der Waals surface area contributed by atoms with Gasteiger partial charge in [0.25, 0.3) is 0 Å². The first kappa shape index (κ1) is 12.0. The van der Waals surface area contributed by atoms with Crippen LogP contribution in [-0.4, -0.2) is 23.9 Å². The molecule has 2 atom stereocenters. The van der Waals surface area contributed by atoms with Gasteiger partial charge in [0.05, 0.1) is 12.2 Å². The Morgan fingerprint density at radius 3 is 2.57 bits per heavy atom. The van der Waals surface area contributed by atoms with Crippen LogP contribution in [0, 0.1) is 5.41 Å². The van der Waals surface area contributed by atoms with E-state index in [1.807, 2.05) is 0 Å². The van der Waals surface area contributed by atoms with Gasteiger partial charge in [-0.05, 0) is 24.7 Å². The number of rotatable bonds is 5. The van der Waals surface area contributed by atoms with Crippen LogP contribution in [0.15, 0.2) is 0 Å². The summed E-state index contributed by atoms with van der Waals surface area (Å²) >= 11 is 0. The lowest BCUT2D eigenvalue weighted by Crippen LogP contribution is -2.33. The van der Waals surface area contributed by atoms with Gasteiger partial charge in [0.1, 0.15) is 0 Å². The Morgan fingerprint density at radius 1 is 1.36 bits per heavy atom. The van der Waals surface area contributed by atoms with E-state index in [4.69, 9.17) is 4.74 Å². The maximum atomic E-state index is 9.95. The summed E-state index contributed by atoms with van der Waals surface area (Å²) in [5.74, 6) is 0. The van der Waals surface area contributed by atoms with E-state index < -0.39 is 0 Å². The van der Waals surface area contributed by atoms with E-state index in [0.29, 0.717) is 0 Å². The van der Waals surface area contributed by atoms with Crippen molar-refractivity contribution in [3.05, 3.63) is 0 Å². The average molecular weight is 200 g/mol. The van der Waals surface area contributed by atoms with E-state index in [0.717, 1.165) is 25.9 Å². The molecule has 1 rings (SSSR count). The predicted octanol–water partition coefficient (Wildman–Crippen LogP) is 2.74. The molecule has 0 saturated heterocycles. The Kier molecular flexibility index (Phi) is 4.39. The van der Waals surface area contributed by atoms with Crippen LogP contribution in [0.1, 0.15) is 52.9 Å². The van der Waals surface area contributed by atoms with Crippen molar-refractivity contribution in [2.75, 3.05) is 6.61 Å². The smallest absolute Gasteiger partial charge is 0.0852 e.